The van der Waals surface area contributed by atoms with Crippen LogP contribution in [0.1, 0.15) is 0 Å². The number of nitrogens with zero attached hydrogens (tertiary/aromatic N) is 2. The molecule has 1 fully saturated rings. The Labute approximate surface area is 113 Å². The van der Waals surface area contributed by atoms with Gasteiger partial charge in [-0.1, -0.05) is 22.0 Å². The predicted molar refractivity (Wildman–Crippen MR) is 70.5 cm³/mol. The van der Waals surface area contributed by atoms with Crippen molar-refractivity contribution >= 4 is 33.5 Å². The van der Waals surface area contributed by atoms with Crippen LogP contribution in [-0.2, 0) is 9.59 Å². The summed E-state index contributed by atoms with van der Waals surface area (Å²) in [5, 5.41) is 9.25. The molecule has 1 aliphatic rings. The zero-order chi connectivity index (χ0) is 13.3. The third kappa shape index (κ3) is 2.48. The first-order chi connectivity index (χ1) is 8.49. The van der Waals surface area contributed by atoms with E-state index < -0.39 is 12.0 Å². The largest absolute Gasteiger partial charge is 0.480 e. The number of benzene rings is 1. The van der Waals surface area contributed by atoms with Crippen LogP contribution in [0.5, 0.6) is 0 Å². The van der Waals surface area contributed by atoms with Gasteiger partial charge >= 0.3 is 5.97 Å². The SMILES string of the molecule is CN1CC(C(=O)O)N(c2cccc(Br)c2)CC1=O. The van der Waals surface area contributed by atoms with Gasteiger partial charge < -0.3 is 14.9 Å². The van der Waals surface area contributed by atoms with E-state index >= 15 is 0 Å². The molecule has 1 aromatic carbocycles. The van der Waals surface area contributed by atoms with E-state index in [9.17, 15) is 14.7 Å². The van der Waals surface area contributed by atoms with Crippen LogP contribution >= 0.6 is 15.9 Å². The third-order valence-corrected chi connectivity index (χ3v) is 3.47. The average molecular weight is 313 g/mol. The van der Waals surface area contributed by atoms with Gasteiger partial charge in [-0.3, -0.25) is 4.79 Å². The molecule has 0 bridgehead atoms. The van der Waals surface area contributed by atoms with Gasteiger partial charge in [0.1, 0.15) is 6.04 Å². The Morgan fingerprint density at radius 1 is 1.50 bits per heavy atom. The van der Waals surface area contributed by atoms with Gasteiger partial charge in [0.15, 0.2) is 0 Å². The fraction of sp³-hybridized carbons (Fsp3) is 0.333. The van der Waals surface area contributed by atoms with E-state index in [1.54, 1.807) is 18.0 Å². The van der Waals surface area contributed by atoms with Crippen molar-refractivity contribution < 1.29 is 14.7 Å². The molecular formula is C12H13BrN2O3. The van der Waals surface area contributed by atoms with Crippen molar-refractivity contribution in [3.63, 3.8) is 0 Å². The first-order valence-electron chi connectivity index (χ1n) is 5.48. The first kappa shape index (κ1) is 12.9. The highest BCUT2D eigenvalue weighted by Gasteiger charge is 2.35. The number of hydrogen-bond donors (Lipinski definition) is 1. The number of rotatable bonds is 2. The van der Waals surface area contributed by atoms with Crippen LogP contribution in [0.25, 0.3) is 0 Å². The van der Waals surface area contributed by atoms with E-state index in [0.717, 1.165) is 10.2 Å². The Morgan fingerprint density at radius 2 is 2.22 bits per heavy atom. The summed E-state index contributed by atoms with van der Waals surface area (Å²) in [5.41, 5.74) is 0.734. The molecule has 0 aromatic heterocycles. The smallest absolute Gasteiger partial charge is 0.328 e. The molecule has 1 aromatic rings. The van der Waals surface area contributed by atoms with E-state index in [0.29, 0.717) is 0 Å². The van der Waals surface area contributed by atoms with Gasteiger partial charge in [0.25, 0.3) is 0 Å². The molecule has 1 atom stereocenters. The fourth-order valence-corrected chi connectivity index (χ4v) is 2.36. The van der Waals surface area contributed by atoms with Crippen molar-refractivity contribution in [1.82, 2.24) is 4.90 Å². The molecule has 0 radical (unpaired) electrons. The van der Waals surface area contributed by atoms with Gasteiger partial charge in [-0.2, -0.15) is 0 Å². The average Bonchev–Trinajstić information content (AvgIpc) is 2.31. The van der Waals surface area contributed by atoms with E-state index in [4.69, 9.17) is 0 Å². The lowest BCUT2D eigenvalue weighted by Crippen LogP contribution is -2.58. The van der Waals surface area contributed by atoms with Crippen molar-refractivity contribution in [3.05, 3.63) is 28.7 Å². The summed E-state index contributed by atoms with van der Waals surface area (Å²) >= 11 is 3.34. The third-order valence-electron chi connectivity index (χ3n) is 2.98. The fourth-order valence-electron chi connectivity index (χ4n) is 1.97. The molecule has 2 rings (SSSR count). The standard InChI is InChI=1S/C12H13BrN2O3/c1-14-6-10(12(17)18)15(7-11(14)16)9-4-2-3-8(13)5-9/h2-5,10H,6-7H2,1H3,(H,17,18). The zero-order valence-corrected chi connectivity index (χ0v) is 11.4. The summed E-state index contributed by atoms with van der Waals surface area (Å²) in [4.78, 5) is 26.1. The lowest BCUT2D eigenvalue weighted by atomic mass is 10.1. The number of halogens is 1. The van der Waals surface area contributed by atoms with Crippen LogP contribution in [0, 0.1) is 0 Å². The maximum absolute atomic E-state index is 11.7. The minimum absolute atomic E-state index is 0.0764. The first-order valence-corrected chi connectivity index (χ1v) is 6.27. The molecule has 1 saturated heterocycles. The van der Waals surface area contributed by atoms with Crippen LogP contribution < -0.4 is 4.90 Å². The summed E-state index contributed by atoms with van der Waals surface area (Å²) in [6, 6.07) is 6.59. The van der Waals surface area contributed by atoms with Gasteiger partial charge in [0, 0.05) is 17.2 Å². The molecule has 5 nitrogen and oxygen atoms in total. The van der Waals surface area contributed by atoms with Crippen molar-refractivity contribution in [2.75, 3.05) is 25.0 Å². The van der Waals surface area contributed by atoms with E-state index in [1.807, 2.05) is 18.2 Å². The van der Waals surface area contributed by atoms with Gasteiger partial charge in [-0.15, -0.1) is 0 Å². The monoisotopic (exact) mass is 312 g/mol. The number of carbonyl (C=O) groups is 2. The van der Waals surface area contributed by atoms with Crippen LogP contribution in [0.4, 0.5) is 5.69 Å². The molecule has 0 saturated carbocycles. The molecule has 1 N–H and O–H groups in total. The number of amides is 1. The van der Waals surface area contributed by atoms with Crippen LogP contribution in [0.2, 0.25) is 0 Å². The lowest BCUT2D eigenvalue weighted by molar-refractivity contribution is -0.141. The lowest BCUT2D eigenvalue weighted by Gasteiger charge is -2.38. The number of anilines is 1. The number of likely N-dealkylation sites (N-methyl/N-ethyl adjacent to an activating group) is 1. The summed E-state index contributed by atoms with van der Waals surface area (Å²) in [5.74, 6) is -0.998. The minimum atomic E-state index is -0.922. The number of aliphatic carboxylic acids is 1. The normalized spacial score (nSPS) is 20.1. The second-order valence-corrected chi connectivity index (χ2v) is 5.15. The van der Waals surface area contributed by atoms with Crippen LogP contribution in [0.3, 0.4) is 0 Å². The molecule has 0 spiro atoms. The summed E-state index contributed by atoms with van der Waals surface area (Å²) in [6.45, 7) is 0.282. The molecule has 1 heterocycles. The van der Waals surface area contributed by atoms with Gasteiger partial charge in [0.2, 0.25) is 5.91 Å². The van der Waals surface area contributed by atoms with Crippen LogP contribution in [0.15, 0.2) is 28.7 Å². The summed E-state index contributed by atoms with van der Waals surface area (Å²) in [6.07, 6.45) is 0. The molecule has 96 valence electrons. The maximum Gasteiger partial charge on any atom is 0.328 e. The van der Waals surface area contributed by atoms with Crippen molar-refractivity contribution in [1.29, 1.82) is 0 Å². The minimum Gasteiger partial charge on any atom is -0.480 e. The maximum atomic E-state index is 11.7. The Balaban J connectivity index is 2.33. The van der Waals surface area contributed by atoms with E-state index in [1.165, 1.54) is 4.90 Å². The Kier molecular flexibility index (Phi) is 3.56. The highest BCUT2D eigenvalue weighted by atomic mass is 79.9. The number of carbonyl (C=O) groups excluding carboxylic acids is 1. The quantitative estimate of drug-likeness (QED) is 0.891. The van der Waals surface area contributed by atoms with Crippen molar-refractivity contribution in [2.24, 2.45) is 0 Å². The highest BCUT2D eigenvalue weighted by Crippen LogP contribution is 2.24. The molecule has 18 heavy (non-hydrogen) atoms. The highest BCUT2D eigenvalue weighted by molar-refractivity contribution is 9.10. The van der Waals surface area contributed by atoms with E-state index in [2.05, 4.69) is 15.9 Å². The Hall–Kier alpha value is -1.56. The molecule has 0 aliphatic carbocycles. The zero-order valence-electron chi connectivity index (χ0n) is 9.84. The van der Waals surface area contributed by atoms with Gasteiger partial charge in [0.05, 0.1) is 13.1 Å². The summed E-state index contributed by atoms with van der Waals surface area (Å²) < 4.78 is 0.857. The number of piperazine rings is 1. The number of carboxylic acids is 1. The van der Waals surface area contributed by atoms with Gasteiger partial charge in [-0.05, 0) is 18.2 Å². The van der Waals surface area contributed by atoms with Gasteiger partial charge in [-0.25, -0.2) is 4.79 Å². The molecule has 1 unspecified atom stereocenters. The second-order valence-electron chi connectivity index (χ2n) is 4.24. The second kappa shape index (κ2) is 4.97. The van der Waals surface area contributed by atoms with Crippen LogP contribution in [-0.4, -0.2) is 48.1 Å². The molecular weight excluding hydrogens is 300 g/mol. The molecule has 1 amide bonds. The van der Waals surface area contributed by atoms with Crippen molar-refractivity contribution in [2.45, 2.75) is 6.04 Å². The number of carboxylic acid groups (broad SMARTS) is 1. The Bertz CT molecular complexity index is 492. The predicted octanol–water partition coefficient (Wildman–Crippen LogP) is 1.18. The topological polar surface area (TPSA) is 60.9 Å². The molecule has 6 heteroatoms. The van der Waals surface area contributed by atoms with E-state index in [-0.39, 0.29) is 19.0 Å². The number of hydrogen-bond acceptors (Lipinski definition) is 3. The summed E-state index contributed by atoms with van der Waals surface area (Å²) in [7, 11) is 1.62. The molecule has 1 aliphatic heterocycles. The van der Waals surface area contributed by atoms with Crippen molar-refractivity contribution in [3.8, 4) is 0 Å². The Morgan fingerprint density at radius 3 is 2.83 bits per heavy atom.